The van der Waals surface area contributed by atoms with E-state index in [4.69, 9.17) is 11.6 Å². The number of hydrazone groups is 1. The van der Waals surface area contributed by atoms with Crippen molar-refractivity contribution in [3.8, 4) is 5.88 Å². The molecule has 0 spiro atoms. The Morgan fingerprint density at radius 1 is 1.11 bits per heavy atom. The lowest BCUT2D eigenvalue weighted by molar-refractivity contribution is 0.298. The van der Waals surface area contributed by atoms with Crippen molar-refractivity contribution in [2.75, 3.05) is 0 Å². The molecule has 142 valence electrons. The van der Waals surface area contributed by atoms with Gasteiger partial charge in [0.25, 0.3) is 5.56 Å². The average molecular weight is 389 g/mol. The molecule has 2 aliphatic rings. The summed E-state index contributed by atoms with van der Waals surface area (Å²) in [5.74, 6) is -0.284. The van der Waals surface area contributed by atoms with Crippen LogP contribution in [0, 0.1) is 0 Å². The minimum Gasteiger partial charge on any atom is -0.494 e. The van der Waals surface area contributed by atoms with Crippen molar-refractivity contribution in [1.29, 1.82) is 0 Å². The minimum atomic E-state index is -0.609. The molecule has 1 fully saturated rings. The summed E-state index contributed by atoms with van der Waals surface area (Å²) in [6.07, 6.45) is 5.20. The number of H-pyrrole nitrogens is 1. The third kappa shape index (κ3) is 3.39. The van der Waals surface area contributed by atoms with Crippen LogP contribution in [0.2, 0.25) is 5.02 Å². The number of nitrogens with one attached hydrogen (secondary N) is 2. The van der Waals surface area contributed by atoms with Crippen molar-refractivity contribution in [3.63, 3.8) is 0 Å². The number of hydrogen-bond donors (Lipinski definition) is 3. The Hall–Kier alpha value is -2.54. The number of rotatable bonds is 3. The molecule has 3 N–H and O–H groups in total. The number of benzene rings is 1. The van der Waals surface area contributed by atoms with Crippen molar-refractivity contribution in [2.45, 2.75) is 50.6 Å². The Morgan fingerprint density at radius 3 is 2.52 bits per heavy atom. The zero-order valence-electron chi connectivity index (χ0n) is 14.7. The molecule has 1 aromatic carbocycles. The molecule has 8 heteroatoms. The van der Waals surface area contributed by atoms with Gasteiger partial charge in [0.2, 0.25) is 5.88 Å². The smallest absolute Gasteiger partial charge is 0.331 e. The van der Waals surface area contributed by atoms with Crippen LogP contribution < -0.4 is 16.7 Å². The molecule has 27 heavy (non-hydrogen) atoms. The third-order valence-corrected chi connectivity index (χ3v) is 5.62. The highest BCUT2D eigenvalue weighted by molar-refractivity contribution is 6.30. The molecular weight excluding hydrogens is 368 g/mol. The fourth-order valence-corrected chi connectivity index (χ4v) is 4.09. The fraction of sp³-hybridized carbons (Fsp3) is 0.421. The van der Waals surface area contributed by atoms with Gasteiger partial charge in [0, 0.05) is 17.5 Å². The zero-order valence-corrected chi connectivity index (χ0v) is 15.5. The predicted molar refractivity (Wildman–Crippen MR) is 104 cm³/mol. The number of nitrogens with zero attached hydrogens (tertiary/aromatic N) is 2. The van der Waals surface area contributed by atoms with Gasteiger partial charge >= 0.3 is 5.69 Å². The van der Waals surface area contributed by atoms with Crippen LogP contribution in [0.4, 0.5) is 0 Å². The van der Waals surface area contributed by atoms with Crippen molar-refractivity contribution in [2.24, 2.45) is 5.10 Å². The van der Waals surface area contributed by atoms with E-state index >= 15 is 0 Å². The van der Waals surface area contributed by atoms with Crippen LogP contribution in [0.15, 0.2) is 39.0 Å². The van der Waals surface area contributed by atoms with Crippen molar-refractivity contribution >= 4 is 17.3 Å². The summed E-state index contributed by atoms with van der Waals surface area (Å²) in [7, 11) is 0. The number of halogens is 1. The maximum atomic E-state index is 12.4. The molecule has 2 aromatic rings. The van der Waals surface area contributed by atoms with Crippen LogP contribution in [0.1, 0.15) is 61.7 Å². The highest BCUT2D eigenvalue weighted by Crippen LogP contribution is 2.32. The Labute approximate surface area is 160 Å². The first-order valence-corrected chi connectivity index (χ1v) is 9.58. The van der Waals surface area contributed by atoms with Gasteiger partial charge < -0.3 is 10.5 Å². The molecule has 1 aromatic heterocycles. The Balaban J connectivity index is 1.67. The largest absolute Gasteiger partial charge is 0.494 e. The molecule has 1 atom stereocenters. The van der Waals surface area contributed by atoms with E-state index in [-0.39, 0.29) is 23.5 Å². The molecule has 1 aliphatic heterocycles. The van der Waals surface area contributed by atoms with Crippen LogP contribution >= 0.6 is 11.6 Å². The summed E-state index contributed by atoms with van der Waals surface area (Å²) in [4.78, 5) is 27.1. The maximum absolute atomic E-state index is 12.4. The van der Waals surface area contributed by atoms with Crippen LogP contribution in [0.25, 0.3) is 0 Å². The number of aromatic amines is 1. The van der Waals surface area contributed by atoms with Crippen LogP contribution in [0.5, 0.6) is 5.88 Å². The van der Waals surface area contributed by atoms with E-state index in [0.717, 1.165) is 37.7 Å². The van der Waals surface area contributed by atoms with E-state index in [2.05, 4.69) is 15.5 Å². The predicted octanol–water partition coefficient (Wildman–Crippen LogP) is 2.84. The first kappa shape index (κ1) is 17.9. The van der Waals surface area contributed by atoms with Gasteiger partial charge in [0.15, 0.2) is 0 Å². The fourth-order valence-electron chi connectivity index (χ4n) is 3.96. The molecule has 2 heterocycles. The van der Waals surface area contributed by atoms with Crippen molar-refractivity contribution in [3.05, 3.63) is 61.3 Å². The monoisotopic (exact) mass is 388 g/mol. The Bertz CT molecular complexity index is 987. The van der Waals surface area contributed by atoms with Gasteiger partial charge in [-0.15, -0.1) is 0 Å². The summed E-state index contributed by atoms with van der Waals surface area (Å²) < 4.78 is 1.33. The second-order valence-corrected chi connectivity index (χ2v) is 7.55. The summed E-state index contributed by atoms with van der Waals surface area (Å²) in [5.41, 5.74) is 3.33. The van der Waals surface area contributed by atoms with Crippen LogP contribution in [-0.4, -0.2) is 20.4 Å². The molecule has 7 nitrogen and oxygen atoms in total. The topological polar surface area (TPSA) is 99.5 Å². The second kappa shape index (κ2) is 7.23. The van der Waals surface area contributed by atoms with Crippen molar-refractivity contribution < 1.29 is 5.11 Å². The summed E-state index contributed by atoms with van der Waals surface area (Å²) in [6, 6.07) is 7.17. The average Bonchev–Trinajstić information content (AvgIpc) is 3.12. The second-order valence-electron chi connectivity index (χ2n) is 7.12. The summed E-state index contributed by atoms with van der Waals surface area (Å²) in [6.45, 7) is 0. The van der Waals surface area contributed by atoms with E-state index in [1.54, 1.807) is 12.1 Å². The summed E-state index contributed by atoms with van der Waals surface area (Å²) in [5, 5.41) is 15.7. The first-order chi connectivity index (χ1) is 13.0. The van der Waals surface area contributed by atoms with Crippen LogP contribution in [-0.2, 0) is 0 Å². The van der Waals surface area contributed by atoms with Gasteiger partial charge in [0.05, 0.1) is 11.8 Å². The molecule has 1 saturated carbocycles. The van der Waals surface area contributed by atoms with E-state index < -0.39 is 11.2 Å². The lowest BCUT2D eigenvalue weighted by Gasteiger charge is -2.25. The maximum Gasteiger partial charge on any atom is 0.331 e. The standard InChI is InChI=1S/C19H21ClN4O3/c20-12-8-6-11(7-9-12)14-10-15(23-22-14)16-17(25)21-19(27)24(18(16)26)13-4-2-1-3-5-13/h6-9,13-14,22,26H,1-5,10H2,(H,21,25,27). The number of hydrogen-bond acceptors (Lipinski definition) is 5. The molecule has 0 radical (unpaired) electrons. The van der Waals surface area contributed by atoms with Gasteiger partial charge in [-0.3, -0.25) is 14.3 Å². The molecule has 0 bridgehead atoms. The van der Waals surface area contributed by atoms with Gasteiger partial charge in [-0.1, -0.05) is 43.0 Å². The van der Waals surface area contributed by atoms with E-state index in [0.29, 0.717) is 17.2 Å². The highest BCUT2D eigenvalue weighted by atomic mass is 35.5. The molecule has 0 amide bonds. The third-order valence-electron chi connectivity index (χ3n) is 5.37. The Kier molecular flexibility index (Phi) is 4.78. The molecule has 4 rings (SSSR count). The van der Waals surface area contributed by atoms with Gasteiger partial charge in [-0.25, -0.2) is 4.79 Å². The Morgan fingerprint density at radius 2 is 1.81 bits per heavy atom. The van der Waals surface area contributed by atoms with Gasteiger partial charge in [-0.05, 0) is 30.5 Å². The molecular formula is C19H21ClN4O3. The lowest BCUT2D eigenvalue weighted by Crippen LogP contribution is -2.36. The van der Waals surface area contributed by atoms with Crippen LogP contribution in [0.3, 0.4) is 0 Å². The zero-order chi connectivity index (χ0) is 19.0. The highest BCUT2D eigenvalue weighted by Gasteiger charge is 2.29. The summed E-state index contributed by atoms with van der Waals surface area (Å²) >= 11 is 5.93. The quantitative estimate of drug-likeness (QED) is 0.752. The van der Waals surface area contributed by atoms with Gasteiger partial charge in [0.1, 0.15) is 5.56 Å². The van der Waals surface area contributed by atoms with E-state index in [9.17, 15) is 14.7 Å². The van der Waals surface area contributed by atoms with Crippen molar-refractivity contribution in [1.82, 2.24) is 15.0 Å². The first-order valence-electron chi connectivity index (χ1n) is 9.20. The van der Waals surface area contributed by atoms with E-state index in [1.807, 2.05) is 12.1 Å². The lowest BCUT2D eigenvalue weighted by atomic mass is 9.95. The SMILES string of the molecule is O=c1[nH]c(=O)n(C2CCCCC2)c(O)c1C1=NNC(c2ccc(Cl)cc2)C1. The minimum absolute atomic E-state index is 0.0733. The van der Waals surface area contributed by atoms with Gasteiger partial charge in [-0.2, -0.15) is 5.10 Å². The molecule has 0 saturated heterocycles. The molecule has 1 aliphatic carbocycles. The number of aromatic hydroxyl groups is 1. The molecule has 1 unspecified atom stereocenters. The normalized spacial score (nSPS) is 20.3. The number of aromatic nitrogens is 2. The van der Waals surface area contributed by atoms with E-state index in [1.165, 1.54) is 4.57 Å².